The first-order chi connectivity index (χ1) is 4.61. The van der Waals surface area contributed by atoms with Gasteiger partial charge in [0.05, 0.1) is 0 Å². The van der Waals surface area contributed by atoms with E-state index in [1.165, 1.54) is 0 Å². The molecule has 0 spiro atoms. The summed E-state index contributed by atoms with van der Waals surface area (Å²) in [6.07, 6.45) is 3.79. The van der Waals surface area contributed by atoms with Crippen LogP contribution in [-0.4, -0.2) is 0 Å². The molecule has 4 N–H and O–H groups in total. The summed E-state index contributed by atoms with van der Waals surface area (Å²) in [6, 6.07) is 0. The number of hydrogen-bond acceptors (Lipinski definition) is 2. The average Bonchev–Trinajstić information content (AvgIpc) is 1.84. The highest BCUT2D eigenvalue weighted by atomic mass is 14.6. The third kappa shape index (κ3) is 1.15. The molecule has 2 nitrogen and oxygen atoms in total. The topological polar surface area (TPSA) is 52.0 Å². The Morgan fingerprint density at radius 3 is 1.50 bits per heavy atom. The van der Waals surface area contributed by atoms with Gasteiger partial charge >= 0.3 is 0 Å². The molecule has 0 aliphatic heterocycles. The fraction of sp³-hybridized carbons (Fsp3) is 0.250. The molecule has 0 heterocycles. The standard InChI is InChI=1S/C8H12N2/c1-5-3-8(10)6(2)4-7(5)9/h3-4H,9-10H2,1-2H3. The van der Waals surface area contributed by atoms with Crippen LogP contribution in [0.5, 0.6) is 0 Å². The Hall–Kier alpha value is -0.920. The van der Waals surface area contributed by atoms with Crippen molar-refractivity contribution in [3.63, 3.8) is 0 Å². The van der Waals surface area contributed by atoms with Gasteiger partial charge in [-0.3, -0.25) is 0 Å². The van der Waals surface area contributed by atoms with Crippen molar-refractivity contribution in [1.82, 2.24) is 0 Å². The van der Waals surface area contributed by atoms with Crippen molar-refractivity contribution in [1.29, 1.82) is 0 Å². The highest BCUT2D eigenvalue weighted by molar-refractivity contribution is 5.46. The summed E-state index contributed by atoms with van der Waals surface area (Å²) in [7, 11) is 0. The lowest BCUT2D eigenvalue weighted by atomic mass is 9.93. The summed E-state index contributed by atoms with van der Waals surface area (Å²) < 4.78 is 0. The Labute approximate surface area is 61.6 Å². The fourth-order valence-corrected chi connectivity index (χ4v) is 0.861. The maximum Gasteiger partial charge on any atom is 0.0410 e. The minimum Gasteiger partial charge on any atom is -0.402 e. The van der Waals surface area contributed by atoms with E-state index >= 15 is 0 Å². The molecule has 0 saturated heterocycles. The molecule has 0 amide bonds. The number of nitrogens with two attached hydrogens (primary N) is 2. The van der Waals surface area contributed by atoms with Crippen molar-refractivity contribution in [2.24, 2.45) is 11.5 Å². The summed E-state index contributed by atoms with van der Waals surface area (Å²) in [4.78, 5) is 0. The first kappa shape index (κ1) is 7.19. The van der Waals surface area contributed by atoms with Gasteiger partial charge in [-0.05, 0) is 13.8 Å². The molecule has 0 fully saturated rings. The first-order valence-corrected chi connectivity index (χ1v) is 3.23. The van der Waals surface area contributed by atoms with Crippen LogP contribution in [0.25, 0.3) is 0 Å². The predicted octanol–water partition coefficient (Wildman–Crippen LogP) is 0.874. The molecule has 1 aliphatic carbocycles. The number of rotatable bonds is 0. The summed E-state index contributed by atoms with van der Waals surface area (Å²) in [6.45, 7) is 3.90. The van der Waals surface area contributed by atoms with Crippen molar-refractivity contribution in [2.75, 3.05) is 0 Å². The molecule has 1 aliphatic rings. The second-order valence-corrected chi connectivity index (χ2v) is 2.57. The van der Waals surface area contributed by atoms with Gasteiger partial charge in [0.2, 0.25) is 0 Å². The Morgan fingerprint density at radius 2 is 1.20 bits per heavy atom. The van der Waals surface area contributed by atoms with Crippen molar-refractivity contribution < 1.29 is 0 Å². The van der Waals surface area contributed by atoms with E-state index in [-0.39, 0.29) is 0 Å². The van der Waals surface area contributed by atoms with E-state index in [9.17, 15) is 0 Å². The Bertz CT molecular complexity index is 169. The largest absolute Gasteiger partial charge is 0.402 e. The third-order valence-corrected chi connectivity index (χ3v) is 1.65. The van der Waals surface area contributed by atoms with Crippen LogP contribution in [0.15, 0.2) is 23.5 Å². The van der Waals surface area contributed by atoms with Crippen LogP contribution in [0.3, 0.4) is 0 Å². The molecule has 0 aromatic heterocycles. The van der Waals surface area contributed by atoms with E-state index in [4.69, 9.17) is 11.5 Å². The van der Waals surface area contributed by atoms with Gasteiger partial charge in [-0.15, -0.1) is 0 Å². The van der Waals surface area contributed by atoms with Crippen LogP contribution < -0.4 is 11.5 Å². The summed E-state index contributed by atoms with van der Waals surface area (Å²) in [5.41, 5.74) is 12.9. The zero-order valence-electron chi connectivity index (χ0n) is 6.31. The highest BCUT2D eigenvalue weighted by Gasteiger charge is 2.14. The van der Waals surface area contributed by atoms with Gasteiger partial charge in [-0.25, -0.2) is 0 Å². The van der Waals surface area contributed by atoms with Crippen LogP contribution >= 0.6 is 0 Å². The molecule has 2 radical (unpaired) electrons. The van der Waals surface area contributed by atoms with Crippen molar-refractivity contribution >= 4 is 0 Å². The SMILES string of the molecule is C[C]1C=C(N)[C](C)C=C1N. The Balaban J connectivity index is 2.81. The van der Waals surface area contributed by atoms with Crippen LogP contribution in [0.4, 0.5) is 0 Å². The molecular weight excluding hydrogens is 124 g/mol. The van der Waals surface area contributed by atoms with Crippen molar-refractivity contribution in [3.8, 4) is 0 Å². The summed E-state index contributed by atoms with van der Waals surface area (Å²) in [5.74, 6) is 2.09. The van der Waals surface area contributed by atoms with Gasteiger partial charge < -0.3 is 11.5 Å². The molecular formula is C8H12N2. The average molecular weight is 136 g/mol. The minimum absolute atomic E-state index is 0.812. The van der Waals surface area contributed by atoms with E-state index < -0.39 is 0 Å². The molecule has 0 saturated carbocycles. The van der Waals surface area contributed by atoms with Gasteiger partial charge in [0.25, 0.3) is 0 Å². The number of allylic oxidation sites excluding steroid dienone is 2. The lowest BCUT2D eigenvalue weighted by molar-refractivity contribution is 1.03. The Morgan fingerprint density at radius 1 is 0.900 bits per heavy atom. The fourth-order valence-electron chi connectivity index (χ4n) is 0.861. The highest BCUT2D eigenvalue weighted by Crippen LogP contribution is 2.23. The van der Waals surface area contributed by atoms with Crippen LogP contribution in [0.1, 0.15) is 13.8 Å². The van der Waals surface area contributed by atoms with Gasteiger partial charge in [-0.2, -0.15) is 0 Å². The lowest BCUT2D eigenvalue weighted by Gasteiger charge is -2.17. The van der Waals surface area contributed by atoms with Gasteiger partial charge in [0, 0.05) is 23.2 Å². The smallest absolute Gasteiger partial charge is 0.0410 e. The molecule has 1 rings (SSSR count). The number of hydrogen-bond donors (Lipinski definition) is 2. The van der Waals surface area contributed by atoms with Crippen LogP contribution in [0, 0.1) is 11.8 Å². The first-order valence-electron chi connectivity index (χ1n) is 3.23. The van der Waals surface area contributed by atoms with Gasteiger partial charge in [-0.1, -0.05) is 12.2 Å². The molecule has 0 bridgehead atoms. The zero-order chi connectivity index (χ0) is 7.72. The van der Waals surface area contributed by atoms with Gasteiger partial charge in [0.1, 0.15) is 0 Å². The maximum atomic E-state index is 5.63. The molecule has 54 valence electrons. The van der Waals surface area contributed by atoms with Crippen LogP contribution in [0.2, 0.25) is 0 Å². The molecule has 0 unspecified atom stereocenters. The van der Waals surface area contributed by atoms with Gasteiger partial charge in [0.15, 0.2) is 0 Å². The predicted molar refractivity (Wildman–Crippen MR) is 42.4 cm³/mol. The second-order valence-electron chi connectivity index (χ2n) is 2.57. The quantitative estimate of drug-likeness (QED) is 0.519. The summed E-state index contributed by atoms with van der Waals surface area (Å²) >= 11 is 0. The third-order valence-electron chi connectivity index (χ3n) is 1.65. The molecule has 10 heavy (non-hydrogen) atoms. The van der Waals surface area contributed by atoms with Crippen molar-refractivity contribution in [2.45, 2.75) is 13.8 Å². The molecule has 0 aromatic carbocycles. The Kier molecular flexibility index (Phi) is 1.70. The second kappa shape index (κ2) is 2.37. The van der Waals surface area contributed by atoms with E-state index in [2.05, 4.69) is 0 Å². The van der Waals surface area contributed by atoms with Crippen LogP contribution in [-0.2, 0) is 0 Å². The van der Waals surface area contributed by atoms with E-state index in [0.717, 1.165) is 23.2 Å². The lowest BCUT2D eigenvalue weighted by Crippen LogP contribution is -2.16. The maximum absolute atomic E-state index is 5.63. The van der Waals surface area contributed by atoms with E-state index in [1.807, 2.05) is 26.0 Å². The molecule has 0 aromatic rings. The molecule has 0 atom stereocenters. The zero-order valence-corrected chi connectivity index (χ0v) is 6.31. The minimum atomic E-state index is 0.812. The monoisotopic (exact) mass is 136 g/mol. The normalized spacial score (nSPS) is 22.2. The van der Waals surface area contributed by atoms with Crippen molar-refractivity contribution in [3.05, 3.63) is 35.4 Å². The molecule has 2 heteroatoms. The van der Waals surface area contributed by atoms with E-state index in [1.54, 1.807) is 0 Å². The van der Waals surface area contributed by atoms with E-state index in [0.29, 0.717) is 0 Å². The summed E-state index contributed by atoms with van der Waals surface area (Å²) in [5, 5.41) is 0.